The molecule has 4 nitrogen and oxygen atoms in total. The molecule has 0 atom stereocenters. The Morgan fingerprint density at radius 1 is 1.12 bits per heavy atom. The summed E-state index contributed by atoms with van der Waals surface area (Å²) in [5.74, 6) is 6.16. The third-order valence-corrected chi connectivity index (χ3v) is 2.51. The number of benzene rings is 1. The van der Waals surface area contributed by atoms with Gasteiger partial charge in [-0.05, 0) is 31.2 Å². The highest BCUT2D eigenvalue weighted by Gasteiger charge is 2.09. The van der Waals surface area contributed by atoms with E-state index in [1.54, 1.807) is 24.5 Å². The standard InChI is InChI=1S/C13H14N4/c1-10-2-4-12(5-3-10)17(15)13(14)11-6-8-16-9-7-11/h2-9,14H,15H2,1H3. The molecule has 86 valence electrons. The Kier molecular flexibility index (Phi) is 3.16. The predicted molar refractivity (Wildman–Crippen MR) is 68.9 cm³/mol. The van der Waals surface area contributed by atoms with Crippen LogP contribution >= 0.6 is 0 Å². The van der Waals surface area contributed by atoms with Crippen molar-refractivity contribution in [2.45, 2.75) is 6.92 Å². The summed E-state index contributed by atoms with van der Waals surface area (Å²) in [6, 6.07) is 11.2. The van der Waals surface area contributed by atoms with Gasteiger partial charge in [-0.2, -0.15) is 0 Å². The van der Waals surface area contributed by atoms with E-state index in [1.807, 2.05) is 31.2 Å². The molecule has 0 radical (unpaired) electrons. The molecule has 1 aromatic heterocycles. The SMILES string of the molecule is Cc1ccc(N(N)C(=N)c2ccncc2)cc1. The van der Waals surface area contributed by atoms with Crippen molar-refractivity contribution in [2.75, 3.05) is 5.01 Å². The highest BCUT2D eigenvalue weighted by atomic mass is 15.4. The highest BCUT2D eigenvalue weighted by Crippen LogP contribution is 2.14. The van der Waals surface area contributed by atoms with E-state index in [2.05, 4.69) is 4.98 Å². The molecule has 17 heavy (non-hydrogen) atoms. The number of nitrogens with zero attached hydrogens (tertiary/aromatic N) is 2. The number of rotatable bonds is 2. The number of nitrogens with one attached hydrogen (secondary N) is 1. The fourth-order valence-corrected chi connectivity index (χ4v) is 1.48. The van der Waals surface area contributed by atoms with E-state index in [0.29, 0.717) is 0 Å². The molecular weight excluding hydrogens is 212 g/mol. The zero-order valence-electron chi connectivity index (χ0n) is 9.59. The van der Waals surface area contributed by atoms with Crippen LogP contribution in [-0.2, 0) is 0 Å². The van der Waals surface area contributed by atoms with Crippen molar-refractivity contribution in [2.24, 2.45) is 5.84 Å². The molecule has 0 unspecified atom stereocenters. The van der Waals surface area contributed by atoms with Crippen molar-refractivity contribution in [3.63, 3.8) is 0 Å². The van der Waals surface area contributed by atoms with Crippen molar-refractivity contribution in [1.82, 2.24) is 4.98 Å². The van der Waals surface area contributed by atoms with E-state index in [-0.39, 0.29) is 5.84 Å². The van der Waals surface area contributed by atoms with Gasteiger partial charge in [0.1, 0.15) is 5.84 Å². The number of nitrogens with two attached hydrogens (primary N) is 1. The molecule has 0 saturated carbocycles. The topological polar surface area (TPSA) is 66.0 Å². The molecule has 0 saturated heterocycles. The first-order valence-electron chi connectivity index (χ1n) is 5.29. The lowest BCUT2D eigenvalue weighted by molar-refractivity contribution is 1.11. The van der Waals surface area contributed by atoms with Crippen LogP contribution in [0.2, 0.25) is 0 Å². The van der Waals surface area contributed by atoms with Gasteiger partial charge in [0.05, 0.1) is 5.69 Å². The zero-order chi connectivity index (χ0) is 12.3. The van der Waals surface area contributed by atoms with E-state index in [4.69, 9.17) is 11.3 Å². The van der Waals surface area contributed by atoms with Gasteiger partial charge in [-0.1, -0.05) is 17.7 Å². The largest absolute Gasteiger partial charge is 0.283 e. The van der Waals surface area contributed by atoms with Crippen LogP contribution in [0.5, 0.6) is 0 Å². The molecule has 2 rings (SSSR count). The molecule has 0 aliphatic carbocycles. The van der Waals surface area contributed by atoms with E-state index in [1.165, 1.54) is 5.01 Å². The summed E-state index contributed by atoms with van der Waals surface area (Å²) >= 11 is 0. The summed E-state index contributed by atoms with van der Waals surface area (Å²) in [6.45, 7) is 2.01. The Morgan fingerprint density at radius 3 is 2.29 bits per heavy atom. The van der Waals surface area contributed by atoms with Crippen LogP contribution in [0.25, 0.3) is 0 Å². The maximum atomic E-state index is 8.00. The van der Waals surface area contributed by atoms with Crippen LogP contribution in [0.4, 0.5) is 5.69 Å². The molecule has 0 amide bonds. The zero-order valence-corrected chi connectivity index (χ0v) is 9.59. The fraction of sp³-hybridized carbons (Fsp3) is 0.0769. The Morgan fingerprint density at radius 2 is 1.71 bits per heavy atom. The quantitative estimate of drug-likeness (QED) is 0.356. The molecule has 4 heteroatoms. The minimum atomic E-state index is 0.247. The smallest absolute Gasteiger partial charge is 0.147 e. The summed E-state index contributed by atoms with van der Waals surface area (Å²) in [7, 11) is 0. The van der Waals surface area contributed by atoms with Gasteiger partial charge in [0, 0.05) is 18.0 Å². The normalized spacial score (nSPS) is 10.0. The van der Waals surface area contributed by atoms with Crippen LogP contribution in [-0.4, -0.2) is 10.8 Å². The first kappa shape index (κ1) is 11.3. The first-order valence-corrected chi connectivity index (χ1v) is 5.29. The number of anilines is 1. The van der Waals surface area contributed by atoms with E-state index in [0.717, 1.165) is 16.8 Å². The predicted octanol–water partition coefficient (Wildman–Crippen LogP) is 2.10. The Hall–Kier alpha value is -2.20. The number of aromatic nitrogens is 1. The Balaban J connectivity index is 2.23. The highest BCUT2D eigenvalue weighted by molar-refractivity contribution is 6.06. The minimum Gasteiger partial charge on any atom is -0.283 e. The summed E-state index contributed by atoms with van der Waals surface area (Å²) in [4.78, 5) is 3.92. The monoisotopic (exact) mass is 226 g/mol. The molecule has 0 fully saturated rings. The number of aryl methyl sites for hydroxylation is 1. The van der Waals surface area contributed by atoms with Crippen LogP contribution in [0.15, 0.2) is 48.8 Å². The molecule has 0 aliphatic heterocycles. The maximum Gasteiger partial charge on any atom is 0.147 e. The number of pyridine rings is 1. The van der Waals surface area contributed by atoms with Gasteiger partial charge in [0.2, 0.25) is 0 Å². The van der Waals surface area contributed by atoms with Crippen LogP contribution in [0.3, 0.4) is 0 Å². The van der Waals surface area contributed by atoms with Gasteiger partial charge >= 0.3 is 0 Å². The van der Waals surface area contributed by atoms with Gasteiger partial charge in [-0.15, -0.1) is 0 Å². The molecular formula is C13H14N4. The molecule has 0 spiro atoms. The van der Waals surface area contributed by atoms with E-state index < -0.39 is 0 Å². The van der Waals surface area contributed by atoms with Gasteiger partial charge in [-0.3, -0.25) is 15.4 Å². The second kappa shape index (κ2) is 4.76. The van der Waals surface area contributed by atoms with Gasteiger partial charge in [-0.25, -0.2) is 5.84 Å². The lowest BCUT2D eigenvalue weighted by Crippen LogP contribution is -2.37. The van der Waals surface area contributed by atoms with Crippen LogP contribution in [0, 0.1) is 12.3 Å². The van der Waals surface area contributed by atoms with Crippen LogP contribution < -0.4 is 10.9 Å². The van der Waals surface area contributed by atoms with Crippen LogP contribution in [0.1, 0.15) is 11.1 Å². The van der Waals surface area contributed by atoms with Crippen molar-refractivity contribution in [3.05, 3.63) is 59.9 Å². The summed E-state index contributed by atoms with van der Waals surface area (Å²) < 4.78 is 0. The molecule has 1 heterocycles. The summed E-state index contributed by atoms with van der Waals surface area (Å²) in [5, 5.41) is 9.36. The third-order valence-electron chi connectivity index (χ3n) is 2.51. The van der Waals surface area contributed by atoms with E-state index >= 15 is 0 Å². The summed E-state index contributed by atoms with van der Waals surface area (Å²) in [6.07, 6.45) is 3.29. The molecule has 1 aromatic carbocycles. The third kappa shape index (κ3) is 2.49. The van der Waals surface area contributed by atoms with Crippen molar-refractivity contribution < 1.29 is 0 Å². The lowest BCUT2D eigenvalue weighted by atomic mass is 10.2. The van der Waals surface area contributed by atoms with Crippen molar-refractivity contribution >= 4 is 11.5 Å². The maximum absolute atomic E-state index is 8.00. The number of hydrazine groups is 1. The van der Waals surface area contributed by atoms with Gasteiger partial charge in [0.15, 0.2) is 0 Å². The first-order chi connectivity index (χ1) is 8.18. The molecule has 0 bridgehead atoms. The second-order valence-electron chi connectivity index (χ2n) is 3.79. The Bertz CT molecular complexity index is 505. The van der Waals surface area contributed by atoms with Crippen molar-refractivity contribution in [1.29, 1.82) is 5.41 Å². The van der Waals surface area contributed by atoms with E-state index in [9.17, 15) is 0 Å². The van der Waals surface area contributed by atoms with Crippen molar-refractivity contribution in [3.8, 4) is 0 Å². The Labute approximate surface area is 100 Å². The summed E-state index contributed by atoms with van der Waals surface area (Å²) in [5.41, 5.74) is 2.69. The molecule has 0 aliphatic rings. The average Bonchev–Trinajstić information content (AvgIpc) is 2.39. The number of hydrogen-bond acceptors (Lipinski definition) is 3. The molecule has 3 N–H and O–H groups in total. The van der Waals surface area contributed by atoms with Gasteiger partial charge in [0.25, 0.3) is 0 Å². The lowest BCUT2D eigenvalue weighted by Gasteiger charge is -2.19. The average molecular weight is 226 g/mol. The number of hydrogen-bond donors (Lipinski definition) is 2. The number of amidine groups is 1. The second-order valence-corrected chi connectivity index (χ2v) is 3.79. The molecule has 2 aromatic rings. The van der Waals surface area contributed by atoms with Gasteiger partial charge < -0.3 is 0 Å². The minimum absolute atomic E-state index is 0.247. The fourth-order valence-electron chi connectivity index (χ4n) is 1.48.